The van der Waals surface area contributed by atoms with Gasteiger partial charge < -0.3 is 9.73 Å². The monoisotopic (exact) mass is 250 g/mol. The molecule has 7 heteroatoms. The van der Waals surface area contributed by atoms with Crippen LogP contribution in [0, 0.1) is 10.1 Å². The number of nitrogens with zero attached hydrogens (tertiary/aromatic N) is 3. The van der Waals surface area contributed by atoms with Crippen molar-refractivity contribution in [3.63, 3.8) is 0 Å². The van der Waals surface area contributed by atoms with Gasteiger partial charge in [0.15, 0.2) is 0 Å². The molecule has 2 rings (SSSR count). The molecule has 0 amide bonds. The van der Waals surface area contributed by atoms with E-state index in [2.05, 4.69) is 10.4 Å². The third-order valence-electron chi connectivity index (χ3n) is 2.61. The molecular formula is C11H14N4O3. The fourth-order valence-electron chi connectivity index (χ4n) is 1.63. The molecule has 2 aromatic rings. The van der Waals surface area contributed by atoms with Crippen LogP contribution in [-0.2, 0) is 20.0 Å². The Morgan fingerprint density at radius 2 is 2.33 bits per heavy atom. The fourth-order valence-corrected chi connectivity index (χ4v) is 1.63. The number of furan rings is 1. The molecule has 0 aliphatic carbocycles. The van der Waals surface area contributed by atoms with Crippen molar-refractivity contribution in [2.45, 2.75) is 13.0 Å². The summed E-state index contributed by atoms with van der Waals surface area (Å²) in [5, 5.41) is 17.7. The van der Waals surface area contributed by atoms with Crippen molar-refractivity contribution in [2.75, 3.05) is 6.54 Å². The molecule has 7 nitrogen and oxygen atoms in total. The summed E-state index contributed by atoms with van der Waals surface area (Å²) in [6.45, 7) is 1.24. The first-order valence-corrected chi connectivity index (χ1v) is 5.57. The molecule has 0 bridgehead atoms. The summed E-state index contributed by atoms with van der Waals surface area (Å²) in [4.78, 5) is 9.88. The van der Waals surface area contributed by atoms with E-state index in [-0.39, 0.29) is 5.88 Å². The van der Waals surface area contributed by atoms with Crippen molar-refractivity contribution in [3.8, 4) is 0 Å². The number of hydrogen-bond donors (Lipinski definition) is 1. The van der Waals surface area contributed by atoms with Crippen molar-refractivity contribution in [1.29, 1.82) is 0 Å². The van der Waals surface area contributed by atoms with Gasteiger partial charge in [-0.3, -0.25) is 14.8 Å². The molecule has 0 radical (unpaired) electrons. The van der Waals surface area contributed by atoms with Gasteiger partial charge >= 0.3 is 5.88 Å². The first-order valence-electron chi connectivity index (χ1n) is 5.57. The molecule has 0 aliphatic rings. The number of nitro groups is 1. The number of aryl methyl sites for hydroxylation is 1. The van der Waals surface area contributed by atoms with E-state index < -0.39 is 4.92 Å². The van der Waals surface area contributed by atoms with Gasteiger partial charge in [0, 0.05) is 31.9 Å². The van der Waals surface area contributed by atoms with Crippen LogP contribution >= 0.6 is 0 Å². The van der Waals surface area contributed by atoms with Gasteiger partial charge in [-0.1, -0.05) is 0 Å². The maximum Gasteiger partial charge on any atom is 0.433 e. The maximum atomic E-state index is 10.4. The van der Waals surface area contributed by atoms with Gasteiger partial charge in [0.25, 0.3) is 0 Å². The largest absolute Gasteiger partial charge is 0.433 e. The van der Waals surface area contributed by atoms with Crippen molar-refractivity contribution in [1.82, 2.24) is 15.1 Å². The quantitative estimate of drug-likeness (QED) is 0.473. The van der Waals surface area contributed by atoms with E-state index in [1.165, 1.54) is 6.07 Å². The highest BCUT2D eigenvalue weighted by Gasteiger charge is 2.11. The first kappa shape index (κ1) is 12.3. The van der Waals surface area contributed by atoms with Crippen LogP contribution in [0.1, 0.15) is 11.5 Å². The Balaban J connectivity index is 1.75. The molecule has 96 valence electrons. The summed E-state index contributed by atoms with van der Waals surface area (Å²) in [5.41, 5.74) is 1.13. The number of rotatable bonds is 6. The minimum Gasteiger partial charge on any atom is -0.404 e. The van der Waals surface area contributed by atoms with Crippen LogP contribution in [0.2, 0.25) is 0 Å². The highest BCUT2D eigenvalue weighted by Crippen LogP contribution is 2.15. The van der Waals surface area contributed by atoms with E-state index >= 15 is 0 Å². The Kier molecular flexibility index (Phi) is 3.73. The molecule has 0 aliphatic heterocycles. The van der Waals surface area contributed by atoms with Crippen molar-refractivity contribution in [2.24, 2.45) is 7.05 Å². The van der Waals surface area contributed by atoms with Crippen LogP contribution in [0.3, 0.4) is 0 Å². The predicted molar refractivity (Wildman–Crippen MR) is 64.0 cm³/mol. The topological polar surface area (TPSA) is 86.1 Å². The Bertz CT molecular complexity index is 532. The van der Waals surface area contributed by atoms with Crippen LogP contribution in [0.4, 0.5) is 5.88 Å². The lowest BCUT2D eigenvalue weighted by atomic mass is 10.3. The molecule has 18 heavy (non-hydrogen) atoms. The molecule has 1 N–H and O–H groups in total. The van der Waals surface area contributed by atoms with Gasteiger partial charge in [0.05, 0.1) is 12.6 Å². The molecule has 0 aromatic carbocycles. The standard InChI is InChI=1S/C11H14N4O3/c1-14-9(5-7-13-14)4-6-12-8-10-2-3-11(18-10)15(16)17/h2-3,5,7,12H,4,6,8H2,1H3. The van der Waals surface area contributed by atoms with Gasteiger partial charge in [-0.15, -0.1) is 0 Å². The number of nitrogens with one attached hydrogen (secondary N) is 1. The lowest BCUT2D eigenvalue weighted by molar-refractivity contribution is -0.402. The predicted octanol–water partition coefficient (Wildman–Crippen LogP) is 1.25. The third kappa shape index (κ3) is 2.95. The van der Waals surface area contributed by atoms with Crippen molar-refractivity contribution >= 4 is 5.88 Å². The Labute approximate surface area is 104 Å². The summed E-state index contributed by atoms with van der Waals surface area (Å²) in [7, 11) is 1.89. The second kappa shape index (κ2) is 5.46. The summed E-state index contributed by atoms with van der Waals surface area (Å²) in [6.07, 6.45) is 2.60. The van der Waals surface area contributed by atoms with Crippen LogP contribution in [0.15, 0.2) is 28.8 Å². The summed E-state index contributed by atoms with van der Waals surface area (Å²) in [6, 6.07) is 4.92. The van der Waals surface area contributed by atoms with Crippen LogP contribution in [0.5, 0.6) is 0 Å². The highest BCUT2D eigenvalue weighted by atomic mass is 16.6. The van der Waals surface area contributed by atoms with Gasteiger partial charge in [-0.2, -0.15) is 5.10 Å². The minimum absolute atomic E-state index is 0.224. The molecule has 0 saturated carbocycles. The third-order valence-corrected chi connectivity index (χ3v) is 2.61. The Morgan fingerprint density at radius 1 is 1.50 bits per heavy atom. The minimum atomic E-state index is -0.543. The molecule has 0 spiro atoms. The molecular weight excluding hydrogens is 236 g/mol. The van der Waals surface area contributed by atoms with Gasteiger partial charge in [0.2, 0.25) is 0 Å². The average Bonchev–Trinajstić information content (AvgIpc) is 2.94. The SMILES string of the molecule is Cn1nccc1CCNCc1ccc([N+](=O)[O-])o1. The number of aromatic nitrogens is 2. The highest BCUT2D eigenvalue weighted by molar-refractivity contribution is 5.17. The number of hydrogen-bond acceptors (Lipinski definition) is 5. The van der Waals surface area contributed by atoms with E-state index in [1.54, 1.807) is 12.3 Å². The fraction of sp³-hybridized carbons (Fsp3) is 0.364. The molecule has 0 saturated heterocycles. The lowest BCUT2D eigenvalue weighted by Crippen LogP contribution is -2.17. The van der Waals surface area contributed by atoms with Crippen molar-refractivity contribution < 1.29 is 9.34 Å². The van der Waals surface area contributed by atoms with Gasteiger partial charge in [-0.05, 0) is 12.1 Å². The molecule has 0 fully saturated rings. The van der Waals surface area contributed by atoms with Crippen LogP contribution in [-0.4, -0.2) is 21.2 Å². The van der Waals surface area contributed by atoms with E-state index in [1.807, 2.05) is 17.8 Å². The van der Waals surface area contributed by atoms with E-state index in [9.17, 15) is 10.1 Å². The molecule has 0 atom stereocenters. The second-order valence-electron chi connectivity index (χ2n) is 3.87. The molecule has 2 aromatic heterocycles. The van der Waals surface area contributed by atoms with Gasteiger partial charge in [0.1, 0.15) is 10.7 Å². The van der Waals surface area contributed by atoms with E-state index in [0.717, 1.165) is 18.7 Å². The van der Waals surface area contributed by atoms with Crippen LogP contribution in [0.25, 0.3) is 0 Å². The Hall–Kier alpha value is -2.15. The molecule has 2 heterocycles. The summed E-state index contributed by atoms with van der Waals surface area (Å²) in [5.74, 6) is 0.338. The first-order chi connectivity index (χ1) is 8.66. The summed E-state index contributed by atoms with van der Waals surface area (Å²) >= 11 is 0. The molecule has 0 unspecified atom stereocenters. The zero-order valence-electron chi connectivity index (χ0n) is 10.00. The maximum absolute atomic E-state index is 10.4. The zero-order valence-corrected chi connectivity index (χ0v) is 10.00. The second-order valence-corrected chi connectivity index (χ2v) is 3.87. The van der Waals surface area contributed by atoms with Crippen LogP contribution < -0.4 is 5.32 Å². The van der Waals surface area contributed by atoms with E-state index in [4.69, 9.17) is 4.42 Å². The Morgan fingerprint density at radius 3 is 2.94 bits per heavy atom. The zero-order chi connectivity index (χ0) is 13.0. The van der Waals surface area contributed by atoms with E-state index in [0.29, 0.717) is 12.3 Å². The lowest BCUT2D eigenvalue weighted by Gasteiger charge is -2.03. The normalized spacial score (nSPS) is 10.7. The average molecular weight is 250 g/mol. The van der Waals surface area contributed by atoms with Crippen molar-refractivity contribution in [3.05, 3.63) is 46.0 Å². The smallest absolute Gasteiger partial charge is 0.404 e. The van der Waals surface area contributed by atoms with Gasteiger partial charge in [-0.25, -0.2) is 0 Å². The summed E-state index contributed by atoms with van der Waals surface area (Å²) < 4.78 is 6.85.